The standard InChI is InChI=1S/C14H11NOS/c1-16-12-4-2-10-3-5-13(15-14(10)8-12)11-6-7-17-9-11/h2-9H,1H3. The lowest BCUT2D eigenvalue weighted by Crippen LogP contribution is -1.86. The Hall–Kier alpha value is -1.87. The highest BCUT2D eigenvalue weighted by atomic mass is 32.1. The van der Waals surface area contributed by atoms with E-state index >= 15 is 0 Å². The van der Waals surface area contributed by atoms with E-state index in [-0.39, 0.29) is 0 Å². The second-order valence-electron chi connectivity index (χ2n) is 3.77. The predicted molar refractivity (Wildman–Crippen MR) is 71.6 cm³/mol. The van der Waals surface area contributed by atoms with E-state index in [1.807, 2.05) is 18.2 Å². The average molecular weight is 241 g/mol. The van der Waals surface area contributed by atoms with Crippen molar-refractivity contribution in [2.75, 3.05) is 7.11 Å². The van der Waals surface area contributed by atoms with E-state index in [1.54, 1.807) is 18.4 Å². The Balaban J connectivity index is 2.17. The van der Waals surface area contributed by atoms with Crippen LogP contribution in [0.2, 0.25) is 0 Å². The van der Waals surface area contributed by atoms with Crippen LogP contribution in [0.3, 0.4) is 0 Å². The van der Waals surface area contributed by atoms with Gasteiger partial charge in [-0.15, -0.1) is 0 Å². The number of fused-ring (bicyclic) bond motifs is 1. The van der Waals surface area contributed by atoms with Crippen LogP contribution in [0.25, 0.3) is 22.2 Å². The number of aromatic nitrogens is 1. The van der Waals surface area contributed by atoms with E-state index in [2.05, 4.69) is 33.9 Å². The summed E-state index contributed by atoms with van der Waals surface area (Å²) in [4.78, 5) is 4.65. The fourth-order valence-electron chi connectivity index (χ4n) is 1.79. The van der Waals surface area contributed by atoms with Crippen molar-refractivity contribution in [1.29, 1.82) is 0 Å². The number of hydrogen-bond acceptors (Lipinski definition) is 3. The topological polar surface area (TPSA) is 22.1 Å². The molecular formula is C14H11NOS. The summed E-state index contributed by atoms with van der Waals surface area (Å²) in [6.45, 7) is 0. The zero-order chi connectivity index (χ0) is 11.7. The minimum Gasteiger partial charge on any atom is -0.497 e. The highest BCUT2D eigenvalue weighted by Crippen LogP contribution is 2.25. The monoisotopic (exact) mass is 241 g/mol. The molecule has 3 rings (SSSR count). The molecule has 0 unspecified atom stereocenters. The highest BCUT2D eigenvalue weighted by Gasteiger charge is 2.02. The normalized spacial score (nSPS) is 10.6. The van der Waals surface area contributed by atoms with Gasteiger partial charge in [0.1, 0.15) is 5.75 Å². The Bertz CT molecular complexity index is 646. The largest absolute Gasteiger partial charge is 0.497 e. The third kappa shape index (κ3) is 1.89. The van der Waals surface area contributed by atoms with Crippen molar-refractivity contribution in [3.8, 4) is 17.0 Å². The molecule has 0 spiro atoms. The molecule has 1 aromatic carbocycles. The first-order chi connectivity index (χ1) is 8.36. The Kier molecular flexibility index (Phi) is 2.53. The summed E-state index contributed by atoms with van der Waals surface area (Å²) >= 11 is 1.68. The van der Waals surface area contributed by atoms with Gasteiger partial charge in [-0.25, -0.2) is 4.98 Å². The van der Waals surface area contributed by atoms with Crippen LogP contribution in [-0.2, 0) is 0 Å². The predicted octanol–water partition coefficient (Wildman–Crippen LogP) is 3.97. The molecule has 0 aliphatic rings. The number of thiophene rings is 1. The van der Waals surface area contributed by atoms with Crippen molar-refractivity contribution in [2.24, 2.45) is 0 Å². The molecule has 0 radical (unpaired) electrons. The average Bonchev–Trinajstić information content (AvgIpc) is 2.91. The van der Waals surface area contributed by atoms with Crippen molar-refractivity contribution in [3.63, 3.8) is 0 Å². The van der Waals surface area contributed by atoms with E-state index in [1.165, 1.54) is 5.56 Å². The van der Waals surface area contributed by atoms with Gasteiger partial charge < -0.3 is 4.74 Å². The minimum absolute atomic E-state index is 0.840. The van der Waals surface area contributed by atoms with Crippen LogP contribution in [-0.4, -0.2) is 12.1 Å². The van der Waals surface area contributed by atoms with Gasteiger partial charge in [-0.3, -0.25) is 0 Å². The highest BCUT2D eigenvalue weighted by molar-refractivity contribution is 7.08. The van der Waals surface area contributed by atoms with Crippen molar-refractivity contribution in [3.05, 3.63) is 47.2 Å². The number of benzene rings is 1. The van der Waals surface area contributed by atoms with Gasteiger partial charge in [0, 0.05) is 22.4 Å². The van der Waals surface area contributed by atoms with E-state index in [0.29, 0.717) is 0 Å². The lowest BCUT2D eigenvalue weighted by molar-refractivity contribution is 0.415. The van der Waals surface area contributed by atoms with Gasteiger partial charge in [-0.2, -0.15) is 11.3 Å². The van der Waals surface area contributed by atoms with Crippen LogP contribution in [0, 0.1) is 0 Å². The molecule has 2 aromatic heterocycles. The molecule has 0 saturated carbocycles. The van der Waals surface area contributed by atoms with Crippen molar-refractivity contribution in [2.45, 2.75) is 0 Å². The first kappa shape index (κ1) is 10.3. The smallest absolute Gasteiger partial charge is 0.121 e. The number of methoxy groups -OCH3 is 1. The molecule has 0 bridgehead atoms. The fraction of sp³-hybridized carbons (Fsp3) is 0.0714. The summed E-state index contributed by atoms with van der Waals surface area (Å²) in [5.74, 6) is 0.840. The quantitative estimate of drug-likeness (QED) is 0.677. The second-order valence-corrected chi connectivity index (χ2v) is 4.55. The fourth-order valence-corrected chi connectivity index (χ4v) is 2.44. The van der Waals surface area contributed by atoms with Crippen LogP contribution in [0.5, 0.6) is 5.75 Å². The van der Waals surface area contributed by atoms with Crippen LogP contribution in [0.15, 0.2) is 47.2 Å². The Morgan fingerprint density at radius 2 is 2.00 bits per heavy atom. The molecule has 0 atom stereocenters. The molecule has 0 fully saturated rings. The van der Waals surface area contributed by atoms with Crippen LogP contribution < -0.4 is 4.74 Å². The molecule has 0 saturated heterocycles. The molecule has 0 aliphatic heterocycles. The number of ether oxygens (including phenoxy) is 1. The van der Waals surface area contributed by atoms with Gasteiger partial charge in [0.25, 0.3) is 0 Å². The lowest BCUT2D eigenvalue weighted by atomic mass is 10.1. The molecular weight excluding hydrogens is 230 g/mol. The second kappa shape index (κ2) is 4.18. The summed E-state index contributed by atoms with van der Waals surface area (Å²) in [6.07, 6.45) is 0. The maximum atomic E-state index is 5.21. The summed E-state index contributed by atoms with van der Waals surface area (Å²) in [7, 11) is 1.67. The van der Waals surface area contributed by atoms with E-state index < -0.39 is 0 Å². The van der Waals surface area contributed by atoms with Gasteiger partial charge >= 0.3 is 0 Å². The number of pyridine rings is 1. The Morgan fingerprint density at radius 3 is 2.76 bits per heavy atom. The Morgan fingerprint density at radius 1 is 1.12 bits per heavy atom. The van der Waals surface area contributed by atoms with E-state index in [0.717, 1.165) is 22.3 Å². The van der Waals surface area contributed by atoms with Gasteiger partial charge in [-0.1, -0.05) is 6.07 Å². The summed E-state index contributed by atoms with van der Waals surface area (Å²) in [6, 6.07) is 12.2. The minimum atomic E-state index is 0.840. The maximum absolute atomic E-state index is 5.21. The van der Waals surface area contributed by atoms with Gasteiger partial charge in [0.05, 0.1) is 18.3 Å². The molecule has 2 nitrogen and oxygen atoms in total. The van der Waals surface area contributed by atoms with Crippen LogP contribution in [0.1, 0.15) is 0 Å². The van der Waals surface area contributed by atoms with Gasteiger partial charge in [0.15, 0.2) is 0 Å². The number of hydrogen-bond donors (Lipinski definition) is 0. The zero-order valence-electron chi connectivity index (χ0n) is 9.38. The Labute approximate surface area is 104 Å². The SMILES string of the molecule is COc1ccc2ccc(-c3ccsc3)nc2c1. The molecule has 17 heavy (non-hydrogen) atoms. The van der Waals surface area contributed by atoms with Crippen LogP contribution in [0.4, 0.5) is 0 Å². The molecule has 3 aromatic rings. The van der Waals surface area contributed by atoms with Crippen LogP contribution >= 0.6 is 11.3 Å². The molecule has 84 valence electrons. The van der Waals surface area contributed by atoms with Crippen molar-refractivity contribution < 1.29 is 4.74 Å². The summed E-state index contributed by atoms with van der Waals surface area (Å²) in [5.41, 5.74) is 3.14. The number of rotatable bonds is 2. The first-order valence-corrected chi connectivity index (χ1v) is 6.28. The zero-order valence-corrected chi connectivity index (χ0v) is 10.2. The van der Waals surface area contributed by atoms with E-state index in [9.17, 15) is 0 Å². The van der Waals surface area contributed by atoms with Gasteiger partial charge in [0.2, 0.25) is 0 Å². The lowest BCUT2D eigenvalue weighted by Gasteiger charge is -2.03. The van der Waals surface area contributed by atoms with Crippen molar-refractivity contribution >= 4 is 22.2 Å². The summed E-state index contributed by atoms with van der Waals surface area (Å²) < 4.78 is 5.21. The first-order valence-electron chi connectivity index (χ1n) is 5.34. The van der Waals surface area contributed by atoms with E-state index in [4.69, 9.17) is 4.74 Å². The maximum Gasteiger partial charge on any atom is 0.121 e. The third-order valence-corrected chi connectivity index (χ3v) is 3.40. The van der Waals surface area contributed by atoms with Crippen molar-refractivity contribution in [1.82, 2.24) is 4.98 Å². The molecule has 0 amide bonds. The molecule has 0 aliphatic carbocycles. The molecule has 3 heteroatoms. The molecule has 2 heterocycles. The summed E-state index contributed by atoms with van der Waals surface area (Å²) in [5, 5.41) is 5.30. The number of nitrogens with zero attached hydrogens (tertiary/aromatic N) is 1. The third-order valence-electron chi connectivity index (χ3n) is 2.72. The van der Waals surface area contributed by atoms with Gasteiger partial charge in [-0.05, 0) is 29.6 Å². The molecule has 0 N–H and O–H groups in total.